The average molecular weight is 871 g/mol. The van der Waals surface area contributed by atoms with E-state index in [9.17, 15) is 32.3 Å². The molecule has 14 nitrogen and oxygen atoms in total. The maximum absolute atomic E-state index is 14.0. The first-order chi connectivity index (χ1) is 30.0. The maximum atomic E-state index is 14.0. The number of halogens is 3. The normalized spacial score (nSPS) is 24.0. The molecule has 2 aromatic heterocycles. The van der Waals surface area contributed by atoms with E-state index >= 15 is 0 Å². The molecule has 0 bridgehead atoms. The number of alkyl halides is 3. The molecule has 0 spiro atoms. The number of aromatic nitrogens is 4. The third-order valence-electron chi connectivity index (χ3n) is 13.6. The molecule has 4 aromatic rings. The Bertz CT molecular complexity index is 2450. The molecule has 17 heteroatoms. The summed E-state index contributed by atoms with van der Waals surface area (Å²) in [5.41, 5.74) is 6.45. The number of likely N-dealkylation sites (tertiary alicyclic amines) is 2. The van der Waals surface area contributed by atoms with Gasteiger partial charge in [0, 0.05) is 28.9 Å². The lowest BCUT2D eigenvalue weighted by Gasteiger charge is -2.31. The van der Waals surface area contributed by atoms with Crippen LogP contribution in [0, 0.1) is 23.7 Å². The van der Waals surface area contributed by atoms with Gasteiger partial charge in [-0.3, -0.25) is 9.59 Å². The zero-order chi connectivity index (χ0) is 44.6. The van der Waals surface area contributed by atoms with Crippen molar-refractivity contribution in [2.24, 2.45) is 23.7 Å². The van der Waals surface area contributed by atoms with Gasteiger partial charge < -0.3 is 39.9 Å². The zero-order valence-corrected chi connectivity index (χ0v) is 36.1. The van der Waals surface area contributed by atoms with Gasteiger partial charge in [0.1, 0.15) is 23.7 Å². The summed E-state index contributed by atoms with van der Waals surface area (Å²) in [4.78, 5) is 72.2. The quantitative estimate of drug-likeness (QED) is 0.121. The fourth-order valence-electron chi connectivity index (χ4n) is 10.2. The second-order valence-corrected chi connectivity index (χ2v) is 18.5. The van der Waals surface area contributed by atoms with E-state index in [0.717, 1.165) is 71.6 Å². The molecule has 0 unspecified atom stereocenters. The SMILES string of the molecule is COC(=O)N[C@H](C(=O)N1[C@@H]2C[C@@H]2C[C@H]1c1nc(-c2ccc(-c3ccc4c(c3)CCc3[nH]c([C@@H]5C[C@H]6C[C@H]6N5C(=O)[C@@H](NC(=O)OC)C(C)C)nc3-4)cc2)c(CC(F)(F)F)[nH]1)C(C)C. The fraction of sp³-hybridized carbons (Fsp3) is 0.522. The summed E-state index contributed by atoms with van der Waals surface area (Å²) in [5, 5.41) is 5.37. The third kappa shape index (κ3) is 8.03. The molecule has 4 heterocycles. The molecule has 2 saturated heterocycles. The number of imidazole rings is 2. The Morgan fingerprint density at radius 2 is 1.22 bits per heavy atom. The number of benzene rings is 2. The van der Waals surface area contributed by atoms with Crippen LogP contribution >= 0.6 is 0 Å². The minimum Gasteiger partial charge on any atom is -0.453 e. The minimum atomic E-state index is -4.51. The Hall–Kier alpha value is -5.87. The lowest BCUT2D eigenvalue weighted by Crippen LogP contribution is -2.52. The molecule has 4 amide bonds. The number of ether oxygens (including phenoxy) is 2. The third-order valence-corrected chi connectivity index (χ3v) is 13.6. The van der Waals surface area contributed by atoms with Crippen molar-refractivity contribution in [1.29, 1.82) is 0 Å². The molecule has 0 radical (unpaired) electrons. The van der Waals surface area contributed by atoms with Crippen LogP contribution < -0.4 is 10.6 Å². The number of amides is 4. The second kappa shape index (κ2) is 16.0. The Balaban J connectivity index is 0.952. The van der Waals surface area contributed by atoms with Gasteiger partial charge in [0.25, 0.3) is 0 Å². The number of methoxy groups -OCH3 is 2. The van der Waals surface area contributed by atoms with Crippen LogP contribution in [0.3, 0.4) is 0 Å². The number of H-pyrrole nitrogens is 2. The molecule has 5 aliphatic rings. The molecule has 4 N–H and O–H groups in total. The Morgan fingerprint density at radius 3 is 1.75 bits per heavy atom. The van der Waals surface area contributed by atoms with Crippen LogP contribution in [0.2, 0.25) is 0 Å². The lowest BCUT2D eigenvalue weighted by atomic mass is 9.89. The Morgan fingerprint density at radius 1 is 0.714 bits per heavy atom. The highest BCUT2D eigenvalue weighted by Gasteiger charge is 2.58. The molecule has 2 saturated carbocycles. The van der Waals surface area contributed by atoms with E-state index in [1.54, 1.807) is 17.0 Å². The maximum Gasteiger partial charge on any atom is 0.407 e. The molecule has 9 rings (SSSR count). The predicted molar refractivity (Wildman–Crippen MR) is 225 cm³/mol. The number of hydrogen-bond acceptors (Lipinski definition) is 8. The van der Waals surface area contributed by atoms with Gasteiger partial charge in [-0.15, -0.1) is 0 Å². The van der Waals surface area contributed by atoms with Gasteiger partial charge in [0.15, 0.2) is 0 Å². The number of carbonyl (C=O) groups is 4. The molecule has 2 aromatic carbocycles. The van der Waals surface area contributed by atoms with Gasteiger partial charge in [0.2, 0.25) is 11.8 Å². The number of piperidine rings is 2. The van der Waals surface area contributed by atoms with Crippen LogP contribution in [0.5, 0.6) is 0 Å². The lowest BCUT2D eigenvalue weighted by molar-refractivity contribution is -0.137. The van der Waals surface area contributed by atoms with Gasteiger partial charge in [-0.05, 0) is 78.9 Å². The minimum absolute atomic E-state index is 0.0694. The largest absolute Gasteiger partial charge is 0.453 e. The van der Waals surface area contributed by atoms with E-state index in [4.69, 9.17) is 19.4 Å². The van der Waals surface area contributed by atoms with E-state index in [-0.39, 0.29) is 59.1 Å². The van der Waals surface area contributed by atoms with Crippen molar-refractivity contribution in [3.8, 4) is 33.6 Å². The van der Waals surface area contributed by atoms with Crippen LogP contribution in [0.1, 0.15) is 94.1 Å². The highest BCUT2D eigenvalue weighted by molar-refractivity contribution is 5.88. The average Bonchev–Trinajstić information content (AvgIpc) is 3.92. The Labute approximate surface area is 363 Å². The fourth-order valence-corrected chi connectivity index (χ4v) is 10.2. The van der Waals surface area contributed by atoms with Gasteiger partial charge >= 0.3 is 18.4 Å². The molecule has 4 fully saturated rings. The molecule has 2 aliphatic heterocycles. The van der Waals surface area contributed by atoms with E-state index < -0.39 is 42.9 Å². The summed E-state index contributed by atoms with van der Waals surface area (Å²) < 4.78 is 51.6. The molecule has 334 valence electrons. The van der Waals surface area contributed by atoms with E-state index in [1.165, 1.54) is 14.2 Å². The van der Waals surface area contributed by atoms with Gasteiger partial charge in [-0.1, -0.05) is 70.2 Å². The Kier molecular flexibility index (Phi) is 10.8. The van der Waals surface area contributed by atoms with Crippen molar-refractivity contribution in [3.63, 3.8) is 0 Å². The standard InChI is InChI=1S/C46H53F3N8O6/c1-21(2)36(54-44(60)62-5)42(58)56-32-16-27(32)18-34(56)40-50-30-14-12-26-15-25(11-13-29(26)39(30)53-40)23-7-9-24(10-8-23)38-31(20-46(47,48)49)51-41(52-38)35-19-28-17-33(28)57(35)43(59)37(22(3)4)55-45(61)63-6/h7-11,13,15,21-22,27-28,32-37H,12,14,16-20H2,1-6H3,(H,50,53)(H,51,52)(H,54,60)(H,55,61)/t27-,28-,32-,33-,34+,35+,36+,37+/m1/s1. The van der Waals surface area contributed by atoms with Gasteiger partial charge in [-0.25, -0.2) is 19.6 Å². The van der Waals surface area contributed by atoms with Gasteiger partial charge in [-0.2, -0.15) is 13.2 Å². The number of nitrogens with one attached hydrogen (secondary N) is 4. The zero-order valence-electron chi connectivity index (χ0n) is 36.1. The molecule has 63 heavy (non-hydrogen) atoms. The molecule has 8 atom stereocenters. The number of nitrogens with zero attached hydrogens (tertiary/aromatic N) is 4. The first-order valence-electron chi connectivity index (χ1n) is 21.8. The molecule has 3 aliphatic carbocycles. The van der Waals surface area contributed by atoms with Crippen molar-refractivity contribution in [2.45, 2.75) is 115 Å². The predicted octanol–water partition coefficient (Wildman–Crippen LogP) is 7.42. The first-order valence-corrected chi connectivity index (χ1v) is 21.8. The van der Waals surface area contributed by atoms with E-state index in [1.807, 2.05) is 50.8 Å². The van der Waals surface area contributed by atoms with Crippen LogP contribution in [-0.4, -0.2) is 98.3 Å². The van der Waals surface area contributed by atoms with E-state index in [2.05, 4.69) is 32.7 Å². The molecular weight excluding hydrogens is 818 g/mol. The number of rotatable bonds is 11. The summed E-state index contributed by atoms with van der Waals surface area (Å²) in [5.74, 6) is 0.822. The summed E-state index contributed by atoms with van der Waals surface area (Å²) in [6.07, 6.45) is -2.50. The van der Waals surface area contributed by atoms with Crippen LogP contribution in [0.25, 0.3) is 33.6 Å². The monoisotopic (exact) mass is 870 g/mol. The van der Waals surface area contributed by atoms with Crippen molar-refractivity contribution >= 4 is 24.0 Å². The number of aromatic amines is 2. The van der Waals surface area contributed by atoms with Crippen LogP contribution in [-0.2, 0) is 38.3 Å². The number of hydrogen-bond donors (Lipinski definition) is 4. The smallest absolute Gasteiger partial charge is 0.407 e. The van der Waals surface area contributed by atoms with Crippen molar-refractivity contribution in [3.05, 3.63) is 71.1 Å². The number of alkyl carbamates (subject to hydrolysis) is 2. The van der Waals surface area contributed by atoms with Crippen molar-refractivity contribution in [1.82, 2.24) is 40.4 Å². The number of fused-ring (bicyclic) bond motifs is 5. The van der Waals surface area contributed by atoms with Crippen molar-refractivity contribution < 1.29 is 41.8 Å². The summed E-state index contributed by atoms with van der Waals surface area (Å²) >= 11 is 0. The summed E-state index contributed by atoms with van der Waals surface area (Å²) in [6, 6.07) is 11.2. The second-order valence-electron chi connectivity index (χ2n) is 18.5. The summed E-state index contributed by atoms with van der Waals surface area (Å²) in [6.45, 7) is 7.43. The van der Waals surface area contributed by atoms with E-state index in [0.29, 0.717) is 23.7 Å². The first kappa shape index (κ1) is 42.4. The number of aryl methyl sites for hydroxylation is 2. The highest BCUT2D eigenvalue weighted by Crippen LogP contribution is 2.55. The van der Waals surface area contributed by atoms with Crippen LogP contribution in [0.4, 0.5) is 22.8 Å². The topological polar surface area (TPSA) is 175 Å². The highest BCUT2D eigenvalue weighted by atomic mass is 19.4. The molecular formula is C46H53F3N8O6. The number of carbonyl (C=O) groups excluding carboxylic acids is 4. The van der Waals surface area contributed by atoms with Crippen molar-refractivity contribution in [2.75, 3.05) is 14.2 Å². The summed E-state index contributed by atoms with van der Waals surface area (Å²) in [7, 11) is 2.51. The van der Waals surface area contributed by atoms with Gasteiger partial charge in [0.05, 0.1) is 49.8 Å². The van der Waals surface area contributed by atoms with Crippen LogP contribution in [0.15, 0.2) is 42.5 Å².